The highest BCUT2D eigenvalue weighted by molar-refractivity contribution is 8.15. The van der Waals surface area contributed by atoms with Crippen molar-refractivity contribution >= 4 is 51.9 Å². The molecular weight excluding hydrogens is 454 g/mol. The van der Waals surface area contributed by atoms with Gasteiger partial charge in [0.1, 0.15) is 5.25 Å². The highest BCUT2D eigenvalue weighted by Crippen LogP contribution is 2.29. The number of thioether (sulfide) groups is 1. The molecule has 2 aliphatic heterocycles. The van der Waals surface area contributed by atoms with Gasteiger partial charge >= 0.3 is 0 Å². The molecule has 0 aliphatic carbocycles. The monoisotopic (exact) mass is 477 g/mol. The SMILES string of the molecule is O=C(CC1SC(N2CCCCC2)=NC1=O)Nc1ccc(C(=O)Nc2nnc3ccccn23)cc1. The van der Waals surface area contributed by atoms with Gasteiger partial charge in [0.15, 0.2) is 10.8 Å². The van der Waals surface area contributed by atoms with E-state index in [0.717, 1.165) is 31.1 Å². The molecule has 2 aliphatic rings. The van der Waals surface area contributed by atoms with Crippen molar-refractivity contribution in [1.82, 2.24) is 19.5 Å². The molecule has 10 nitrogen and oxygen atoms in total. The number of amidine groups is 1. The van der Waals surface area contributed by atoms with E-state index in [1.165, 1.54) is 18.2 Å². The molecule has 3 amide bonds. The number of anilines is 2. The van der Waals surface area contributed by atoms with E-state index >= 15 is 0 Å². The van der Waals surface area contributed by atoms with Gasteiger partial charge in [0.25, 0.3) is 11.8 Å². The number of piperidine rings is 1. The number of amides is 3. The van der Waals surface area contributed by atoms with Crippen molar-refractivity contribution in [1.29, 1.82) is 0 Å². The van der Waals surface area contributed by atoms with Crippen LogP contribution in [0.4, 0.5) is 11.6 Å². The van der Waals surface area contributed by atoms with Crippen LogP contribution in [0.5, 0.6) is 0 Å². The summed E-state index contributed by atoms with van der Waals surface area (Å²) in [4.78, 5) is 43.7. The standard InChI is InChI=1S/C23H23N7O3S/c31-19(14-17-21(33)26-23(34-17)29-11-3-1-4-12-29)24-16-9-7-15(8-10-16)20(32)25-22-28-27-18-6-2-5-13-30(18)22/h2,5-10,13,17H,1,3-4,11-12,14H2,(H,24,31)(H,25,28,32). The van der Waals surface area contributed by atoms with Gasteiger partial charge in [-0.3, -0.25) is 24.1 Å². The number of pyridine rings is 1. The number of likely N-dealkylation sites (tertiary alicyclic amines) is 1. The van der Waals surface area contributed by atoms with Crippen molar-refractivity contribution in [2.75, 3.05) is 23.7 Å². The number of aliphatic imine (C=N–C) groups is 1. The van der Waals surface area contributed by atoms with E-state index in [1.807, 2.05) is 12.1 Å². The number of carbonyl (C=O) groups is 3. The van der Waals surface area contributed by atoms with Crippen LogP contribution in [0.1, 0.15) is 36.0 Å². The van der Waals surface area contributed by atoms with E-state index in [2.05, 4.69) is 30.7 Å². The van der Waals surface area contributed by atoms with Gasteiger partial charge in [0.05, 0.1) is 0 Å². The Hall–Kier alpha value is -3.73. The molecule has 0 radical (unpaired) electrons. The van der Waals surface area contributed by atoms with Crippen molar-refractivity contribution in [3.05, 3.63) is 54.2 Å². The lowest BCUT2D eigenvalue weighted by Gasteiger charge is -2.27. The Morgan fingerprint density at radius 3 is 2.59 bits per heavy atom. The van der Waals surface area contributed by atoms with E-state index in [4.69, 9.17) is 0 Å². The van der Waals surface area contributed by atoms with E-state index < -0.39 is 5.25 Å². The maximum absolute atomic E-state index is 12.6. The first-order chi connectivity index (χ1) is 16.6. The number of hydrogen-bond acceptors (Lipinski definition) is 7. The average Bonchev–Trinajstić information content (AvgIpc) is 3.43. The van der Waals surface area contributed by atoms with E-state index in [0.29, 0.717) is 22.8 Å². The lowest BCUT2D eigenvalue weighted by molar-refractivity contribution is -0.121. The van der Waals surface area contributed by atoms with Crippen molar-refractivity contribution in [3.63, 3.8) is 0 Å². The van der Waals surface area contributed by atoms with Crippen LogP contribution in [0.15, 0.2) is 53.7 Å². The lowest BCUT2D eigenvalue weighted by atomic mass is 10.1. The summed E-state index contributed by atoms with van der Waals surface area (Å²) in [5.74, 6) is -0.545. The third-order valence-corrected chi connectivity index (χ3v) is 6.91. The highest BCUT2D eigenvalue weighted by Gasteiger charge is 2.33. The zero-order valence-corrected chi connectivity index (χ0v) is 19.1. The Bertz CT molecular complexity index is 1270. The molecule has 1 fully saturated rings. The van der Waals surface area contributed by atoms with Gasteiger partial charge in [-0.1, -0.05) is 17.8 Å². The number of fused-ring (bicyclic) bond motifs is 1. The molecule has 0 bridgehead atoms. The summed E-state index contributed by atoms with van der Waals surface area (Å²) < 4.78 is 1.68. The number of nitrogens with zero attached hydrogens (tertiary/aromatic N) is 5. The molecule has 2 N–H and O–H groups in total. The van der Waals surface area contributed by atoms with Crippen LogP contribution in [0.25, 0.3) is 5.65 Å². The second-order valence-electron chi connectivity index (χ2n) is 8.12. The Morgan fingerprint density at radius 2 is 1.79 bits per heavy atom. The van der Waals surface area contributed by atoms with Gasteiger partial charge in [-0.15, -0.1) is 10.2 Å². The number of nitrogens with one attached hydrogen (secondary N) is 2. The van der Waals surface area contributed by atoms with Crippen molar-refractivity contribution < 1.29 is 14.4 Å². The fraction of sp³-hybridized carbons (Fsp3) is 0.304. The normalized spacial score (nSPS) is 18.1. The molecule has 0 saturated carbocycles. The third kappa shape index (κ3) is 4.79. The Morgan fingerprint density at radius 1 is 1.00 bits per heavy atom. The van der Waals surface area contributed by atoms with Crippen LogP contribution in [0.2, 0.25) is 0 Å². The summed E-state index contributed by atoms with van der Waals surface area (Å²) in [6.45, 7) is 1.82. The van der Waals surface area contributed by atoms with Gasteiger partial charge in [-0.2, -0.15) is 4.99 Å². The lowest BCUT2D eigenvalue weighted by Crippen LogP contribution is -2.33. The number of rotatable bonds is 5. The molecule has 1 atom stereocenters. The van der Waals surface area contributed by atoms with Crippen LogP contribution < -0.4 is 10.6 Å². The molecule has 3 aromatic rings. The molecule has 0 spiro atoms. The quantitative estimate of drug-likeness (QED) is 0.580. The second kappa shape index (κ2) is 9.64. The van der Waals surface area contributed by atoms with Crippen molar-refractivity contribution in [2.24, 2.45) is 4.99 Å². The molecular formula is C23H23N7O3S. The molecule has 11 heteroatoms. The van der Waals surface area contributed by atoms with Gasteiger partial charge in [-0.25, -0.2) is 0 Å². The maximum atomic E-state index is 12.6. The molecule has 2 aromatic heterocycles. The first-order valence-corrected chi connectivity index (χ1v) is 12.0. The summed E-state index contributed by atoms with van der Waals surface area (Å²) in [5, 5.41) is 13.8. The van der Waals surface area contributed by atoms with Gasteiger partial charge < -0.3 is 10.2 Å². The fourth-order valence-corrected chi connectivity index (χ4v) is 5.03. The minimum absolute atomic E-state index is 0.0481. The predicted octanol–water partition coefficient (Wildman–Crippen LogP) is 2.79. The topological polar surface area (TPSA) is 121 Å². The van der Waals surface area contributed by atoms with Gasteiger partial charge in [0.2, 0.25) is 11.9 Å². The maximum Gasteiger partial charge on any atom is 0.262 e. The average molecular weight is 478 g/mol. The molecule has 34 heavy (non-hydrogen) atoms. The molecule has 4 heterocycles. The third-order valence-electron chi connectivity index (χ3n) is 5.70. The summed E-state index contributed by atoms with van der Waals surface area (Å²) in [7, 11) is 0. The summed E-state index contributed by atoms with van der Waals surface area (Å²) in [6.07, 6.45) is 5.21. The number of benzene rings is 1. The van der Waals surface area contributed by atoms with Crippen molar-refractivity contribution in [3.8, 4) is 0 Å². The first-order valence-electron chi connectivity index (χ1n) is 11.1. The number of carbonyl (C=O) groups excluding carboxylic acids is 3. The molecule has 1 aromatic carbocycles. The largest absolute Gasteiger partial charge is 0.351 e. The van der Waals surface area contributed by atoms with E-state index in [9.17, 15) is 14.4 Å². The molecule has 174 valence electrons. The zero-order chi connectivity index (χ0) is 23.5. The van der Waals surface area contributed by atoms with Crippen LogP contribution in [-0.2, 0) is 9.59 Å². The highest BCUT2D eigenvalue weighted by atomic mass is 32.2. The first kappa shape index (κ1) is 22.1. The molecule has 1 saturated heterocycles. The molecule has 1 unspecified atom stereocenters. The fourth-order valence-electron chi connectivity index (χ4n) is 3.92. The Balaban J connectivity index is 1.15. The summed E-state index contributed by atoms with van der Waals surface area (Å²) in [5.41, 5.74) is 1.58. The van der Waals surface area contributed by atoms with Crippen molar-refractivity contribution in [2.45, 2.75) is 30.9 Å². The second-order valence-corrected chi connectivity index (χ2v) is 9.29. The Labute approximate surface area is 199 Å². The minimum atomic E-state index is -0.500. The van der Waals surface area contributed by atoms with Crippen LogP contribution in [0.3, 0.4) is 0 Å². The smallest absolute Gasteiger partial charge is 0.262 e. The zero-order valence-electron chi connectivity index (χ0n) is 18.3. The minimum Gasteiger partial charge on any atom is -0.351 e. The molecule has 5 rings (SSSR count). The van der Waals surface area contributed by atoms with Gasteiger partial charge in [-0.05, 0) is 55.7 Å². The van der Waals surface area contributed by atoms with Crippen LogP contribution in [0, 0.1) is 0 Å². The van der Waals surface area contributed by atoms with Crippen LogP contribution in [-0.4, -0.2) is 60.7 Å². The van der Waals surface area contributed by atoms with E-state index in [-0.39, 0.29) is 24.1 Å². The summed E-state index contributed by atoms with van der Waals surface area (Å²) in [6, 6.07) is 12.0. The number of aromatic nitrogens is 3. The Kier molecular flexibility index (Phi) is 6.26. The van der Waals surface area contributed by atoms with Crippen LogP contribution >= 0.6 is 11.8 Å². The number of hydrogen-bond donors (Lipinski definition) is 2. The van der Waals surface area contributed by atoms with E-state index in [1.54, 1.807) is 40.9 Å². The predicted molar refractivity (Wildman–Crippen MR) is 130 cm³/mol. The van der Waals surface area contributed by atoms with Gasteiger partial charge in [0, 0.05) is 37.0 Å². The summed E-state index contributed by atoms with van der Waals surface area (Å²) >= 11 is 1.37.